The van der Waals surface area contributed by atoms with Crippen molar-refractivity contribution in [1.29, 1.82) is 0 Å². The monoisotopic (exact) mass is 422 g/mol. The summed E-state index contributed by atoms with van der Waals surface area (Å²) < 4.78 is 32.7. The summed E-state index contributed by atoms with van der Waals surface area (Å²) in [6, 6.07) is 11.3. The Kier molecular flexibility index (Phi) is 5.79. The van der Waals surface area contributed by atoms with Crippen molar-refractivity contribution >= 4 is 44.6 Å². The predicted molar refractivity (Wildman–Crippen MR) is 105 cm³/mol. The molecular formula is C18H15ClN2O4S2. The molecule has 0 aliphatic carbocycles. The van der Waals surface area contributed by atoms with E-state index in [0.29, 0.717) is 16.3 Å². The van der Waals surface area contributed by atoms with E-state index in [1.54, 1.807) is 54.2 Å². The number of nitrogens with zero attached hydrogens (tertiary/aromatic N) is 2. The Hall–Kier alpha value is -2.42. The first-order valence-corrected chi connectivity index (χ1v) is 10.5. The molecule has 9 heteroatoms. The number of anilines is 1. The number of carbonyl (C=O) groups excluding carboxylic acids is 1. The lowest BCUT2D eigenvalue weighted by Gasteiger charge is -2.24. The van der Waals surface area contributed by atoms with Gasteiger partial charge in [-0.15, -0.1) is 11.3 Å². The molecule has 0 atom stereocenters. The third-order valence-electron chi connectivity index (χ3n) is 3.73. The van der Waals surface area contributed by atoms with Crippen LogP contribution in [-0.2, 0) is 21.3 Å². The van der Waals surface area contributed by atoms with E-state index in [1.165, 1.54) is 17.5 Å². The molecule has 0 unspecified atom stereocenters. The van der Waals surface area contributed by atoms with Gasteiger partial charge in [0.25, 0.3) is 10.0 Å². The molecule has 3 rings (SSSR count). The summed E-state index contributed by atoms with van der Waals surface area (Å²) in [7, 11) is -2.82. The van der Waals surface area contributed by atoms with Gasteiger partial charge in [0.05, 0.1) is 19.3 Å². The Bertz CT molecular complexity index is 1030. The highest BCUT2D eigenvalue weighted by Crippen LogP contribution is 2.31. The Morgan fingerprint density at radius 1 is 1.22 bits per heavy atom. The maximum atomic E-state index is 13.4. The third kappa shape index (κ3) is 4.13. The molecule has 0 spiro atoms. The molecule has 1 aromatic carbocycles. The number of benzene rings is 1. The van der Waals surface area contributed by atoms with Gasteiger partial charge in [-0.3, -0.25) is 9.29 Å². The topological polar surface area (TPSA) is 76.6 Å². The fourth-order valence-corrected chi connectivity index (χ4v) is 5.33. The first-order chi connectivity index (χ1) is 12.9. The second kappa shape index (κ2) is 8.08. The van der Waals surface area contributed by atoms with Crippen LogP contribution in [0.2, 0.25) is 5.02 Å². The maximum Gasteiger partial charge on any atom is 0.349 e. The highest BCUT2D eigenvalue weighted by Gasteiger charge is 2.31. The number of hydrogen-bond acceptors (Lipinski definition) is 6. The molecule has 3 aromatic rings. The van der Waals surface area contributed by atoms with Gasteiger partial charge >= 0.3 is 5.97 Å². The van der Waals surface area contributed by atoms with E-state index in [-0.39, 0.29) is 16.3 Å². The van der Waals surface area contributed by atoms with Crippen molar-refractivity contribution in [3.63, 3.8) is 0 Å². The van der Waals surface area contributed by atoms with Crippen LogP contribution < -0.4 is 4.31 Å². The zero-order valence-corrected chi connectivity index (χ0v) is 16.6. The molecule has 0 fully saturated rings. The van der Waals surface area contributed by atoms with E-state index in [4.69, 9.17) is 16.3 Å². The number of hydrogen-bond donors (Lipinski definition) is 0. The number of ether oxygens (including phenoxy) is 1. The summed E-state index contributed by atoms with van der Waals surface area (Å²) in [5.74, 6) is -0.694. The van der Waals surface area contributed by atoms with E-state index in [9.17, 15) is 13.2 Å². The smallest absolute Gasteiger partial charge is 0.349 e. The first-order valence-electron chi connectivity index (χ1n) is 7.76. The standard InChI is InChI=1S/C18H15ClN2O4S2/c1-25-18(22)17-16(8-10-26-17)27(23,24)21(12-13-3-2-9-20-11-13)15-6-4-14(19)5-7-15/h2-11H,12H2,1H3. The van der Waals surface area contributed by atoms with Crippen molar-refractivity contribution in [2.75, 3.05) is 11.4 Å². The van der Waals surface area contributed by atoms with Gasteiger partial charge in [0.2, 0.25) is 0 Å². The SMILES string of the molecule is COC(=O)c1sccc1S(=O)(=O)N(Cc1cccnc1)c1ccc(Cl)cc1. The van der Waals surface area contributed by atoms with E-state index in [0.717, 1.165) is 11.3 Å². The van der Waals surface area contributed by atoms with Crippen molar-refractivity contribution < 1.29 is 17.9 Å². The van der Waals surface area contributed by atoms with Gasteiger partial charge in [-0.05, 0) is 47.3 Å². The van der Waals surface area contributed by atoms with Crippen LogP contribution in [0, 0.1) is 0 Å². The molecule has 0 aliphatic heterocycles. The average Bonchev–Trinajstić information content (AvgIpc) is 3.18. The fraction of sp³-hybridized carbons (Fsp3) is 0.111. The number of thiophene rings is 1. The maximum absolute atomic E-state index is 13.4. The molecule has 0 amide bonds. The summed E-state index contributed by atoms with van der Waals surface area (Å²) in [5.41, 5.74) is 1.12. The lowest BCUT2D eigenvalue weighted by Crippen LogP contribution is -2.31. The second-order valence-electron chi connectivity index (χ2n) is 5.45. The molecule has 0 bridgehead atoms. The van der Waals surface area contributed by atoms with Crippen LogP contribution in [0.1, 0.15) is 15.2 Å². The molecule has 0 N–H and O–H groups in total. The number of esters is 1. The molecule has 0 saturated carbocycles. The number of carbonyl (C=O) groups is 1. The number of halogens is 1. The van der Waals surface area contributed by atoms with Gasteiger partial charge in [-0.1, -0.05) is 17.7 Å². The van der Waals surface area contributed by atoms with E-state index >= 15 is 0 Å². The Labute approximate surface area is 166 Å². The van der Waals surface area contributed by atoms with Crippen LogP contribution >= 0.6 is 22.9 Å². The van der Waals surface area contributed by atoms with Crippen LogP contribution in [-0.4, -0.2) is 26.5 Å². The first kappa shape index (κ1) is 19.3. The predicted octanol–water partition coefficient (Wildman–Crippen LogP) is 3.98. The van der Waals surface area contributed by atoms with E-state index in [2.05, 4.69) is 4.98 Å². The largest absolute Gasteiger partial charge is 0.465 e. The van der Waals surface area contributed by atoms with Crippen molar-refractivity contribution in [2.24, 2.45) is 0 Å². The number of sulfonamides is 1. The van der Waals surface area contributed by atoms with Gasteiger partial charge < -0.3 is 4.74 Å². The molecule has 140 valence electrons. The highest BCUT2D eigenvalue weighted by molar-refractivity contribution is 7.93. The summed E-state index contributed by atoms with van der Waals surface area (Å²) in [5, 5.41) is 2.03. The van der Waals surface area contributed by atoms with Crippen molar-refractivity contribution in [2.45, 2.75) is 11.4 Å². The third-order valence-corrected chi connectivity index (χ3v) is 6.82. The van der Waals surface area contributed by atoms with Crippen LogP contribution in [0.25, 0.3) is 0 Å². The number of pyridine rings is 1. The fourth-order valence-electron chi connectivity index (χ4n) is 2.44. The van der Waals surface area contributed by atoms with E-state index < -0.39 is 16.0 Å². The van der Waals surface area contributed by atoms with Crippen molar-refractivity contribution in [3.05, 3.63) is 75.7 Å². The molecule has 6 nitrogen and oxygen atoms in total. The van der Waals surface area contributed by atoms with Gasteiger partial charge in [0, 0.05) is 17.4 Å². The molecule has 2 aromatic heterocycles. The lowest BCUT2D eigenvalue weighted by molar-refractivity contribution is 0.0602. The minimum Gasteiger partial charge on any atom is -0.465 e. The molecule has 0 aliphatic rings. The van der Waals surface area contributed by atoms with Crippen LogP contribution in [0.3, 0.4) is 0 Å². The molecule has 2 heterocycles. The highest BCUT2D eigenvalue weighted by atomic mass is 35.5. The number of methoxy groups -OCH3 is 1. The average molecular weight is 423 g/mol. The zero-order chi connectivity index (χ0) is 19.4. The normalized spacial score (nSPS) is 11.2. The summed E-state index contributed by atoms with van der Waals surface area (Å²) in [6.07, 6.45) is 3.20. The summed E-state index contributed by atoms with van der Waals surface area (Å²) in [6.45, 7) is 0.0499. The van der Waals surface area contributed by atoms with E-state index in [1.807, 2.05) is 0 Å². The lowest BCUT2D eigenvalue weighted by atomic mass is 10.2. The number of rotatable bonds is 6. The molecule has 0 radical (unpaired) electrons. The van der Waals surface area contributed by atoms with Gasteiger partial charge in [0.1, 0.15) is 9.77 Å². The van der Waals surface area contributed by atoms with Crippen LogP contribution in [0.5, 0.6) is 0 Å². The molecular weight excluding hydrogens is 408 g/mol. The quantitative estimate of drug-likeness (QED) is 0.561. The van der Waals surface area contributed by atoms with Gasteiger partial charge in [-0.25, -0.2) is 13.2 Å². The van der Waals surface area contributed by atoms with Gasteiger partial charge in [0.15, 0.2) is 0 Å². The summed E-state index contributed by atoms with van der Waals surface area (Å²) >= 11 is 6.96. The summed E-state index contributed by atoms with van der Waals surface area (Å²) in [4.78, 5) is 15.9. The Morgan fingerprint density at radius 3 is 2.59 bits per heavy atom. The zero-order valence-electron chi connectivity index (χ0n) is 14.2. The van der Waals surface area contributed by atoms with Crippen LogP contribution in [0.15, 0.2) is 65.1 Å². The Balaban J connectivity index is 2.10. The Morgan fingerprint density at radius 2 is 1.96 bits per heavy atom. The van der Waals surface area contributed by atoms with Crippen LogP contribution in [0.4, 0.5) is 5.69 Å². The minimum atomic E-state index is -4.04. The second-order valence-corrected chi connectivity index (χ2v) is 8.64. The molecule has 27 heavy (non-hydrogen) atoms. The van der Waals surface area contributed by atoms with Crippen molar-refractivity contribution in [1.82, 2.24) is 4.98 Å². The van der Waals surface area contributed by atoms with Gasteiger partial charge in [-0.2, -0.15) is 0 Å². The molecule has 0 saturated heterocycles. The minimum absolute atomic E-state index is 0.0302. The van der Waals surface area contributed by atoms with Crippen molar-refractivity contribution in [3.8, 4) is 0 Å². The number of aromatic nitrogens is 1.